The number of thiophene rings is 1. The summed E-state index contributed by atoms with van der Waals surface area (Å²) in [6, 6.07) is 19.2. The van der Waals surface area contributed by atoms with Gasteiger partial charge in [-0.1, -0.05) is 36.4 Å². The van der Waals surface area contributed by atoms with Crippen molar-refractivity contribution in [2.75, 3.05) is 37.9 Å². The van der Waals surface area contributed by atoms with Crippen molar-refractivity contribution in [2.24, 2.45) is 0 Å². The number of nitrogens with one attached hydrogen (secondary N) is 1. The molecule has 1 spiro atoms. The average molecular weight is 433 g/mol. The molecule has 5 rings (SSSR count). The van der Waals surface area contributed by atoms with Crippen LogP contribution in [0.1, 0.15) is 26.8 Å². The minimum Gasteiger partial charge on any atom is -0.350 e. The van der Waals surface area contributed by atoms with Crippen LogP contribution >= 0.6 is 11.3 Å². The normalized spacial score (nSPS) is 20.8. The lowest BCUT2D eigenvalue weighted by Crippen LogP contribution is -2.63. The van der Waals surface area contributed by atoms with E-state index < -0.39 is 5.66 Å². The molecule has 2 aliphatic heterocycles. The molecule has 2 aliphatic rings. The van der Waals surface area contributed by atoms with Crippen LogP contribution in [0.2, 0.25) is 0 Å². The molecule has 7 heteroatoms. The Hall–Kier alpha value is -3.16. The maximum absolute atomic E-state index is 13.9. The Morgan fingerprint density at radius 1 is 1.03 bits per heavy atom. The molecule has 6 nitrogen and oxygen atoms in total. The maximum atomic E-state index is 13.9. The van der Waals surface area contributed by atoms with Crippen LogP contribution in [0.25, 0.3) is 0 Å². The number of para-hydroxylation sites is 2. The van der Waals surface area contributed by atoms with Gasteiger partial charge in [-0.25, -0.2) is 0 Å². The van der Waals surface area contributed by atoms with Gasteiger partial charge in [0.15, 0.2) is 0 Å². The van der Waals surface area contributed by atoms with Gasteiger partial charge in [-0.2, -0.15) is 0 Å². The zero-order valence-electron chi connectivity index (χ0n) is 17.7. The van der Waals surface area contributed by atoms with Gasteiger partial charge >= 0.3 is 0 Å². The number of likely N-dealkylation sites (N-methyl/N-ethyl adjacent to an activating group) is 2. The Morgan fingerprint density at radius 3 is 2.52 bits per heavy atom. The van der Waals surface area contributed by atoms with E-state index in [1.165, 1.54) is 0 Å². The van der Waals surface area contributed by atoms with E-state index in [0.717, 1.165) is 16.1 Å². The van der Waals surface area contributed by atoms with E-state index in [2.05, 4.69) is 16.3 Å². The molecule has 3 heterocycles. The minimum absolute atomic E-state index is 0.0428. The van der Waals surface area contributed by atoms with E-state index in [9.17, 15) is 9.59 Å². The monoisotopic (exact) mass is 432 g/mol. The van der Waals surface area contributed by atoms with Crippen LogP contribution < -0.4 is 10.2 Å². The zero-order chi connectivity index (χ0) is 21.8. The molecule has 0 bridgehead atoms. The standard InChI is InChI=1S/C24H24N4O2S/c1-26(2)20(21-13-8-14-31-21)15-28-22(29)16-9-4-6-11-18(16)25-24(28)17-10-5-7-12-19(17)27(3)23(24)30/h4-14,20,25H,15H2,1-3H3/t20-,24-/m1/s1. The molecule has 158 valence electrons. The predicted molar refractivity (Wildman–Crippen MR) is 123 cm³/mol. The molecular weight excluding hydrogens is 408 g/mol. The van der Waals surface area contributed by atoms with Gasteiger partial charge in [0.1, 0.15) is 0 Å². The highest BCUT2D eigenvalue weighted by Crippen LogP contribution is 2.48. The first kappa shape index (κ1) is 19.8. The highest BCUT2D eigenvalue weighted by atomic mass is 32.1. The first-order chi connectivity index (χ1) is 14.9. The third-order valence-corrected chi connectivity index (χ3v) is 7.22. The van der Waals surface area contributed by atoms with E-state index in [1.54, 1.807) is 28.2 Å². The van der Waals surface area contributed by atoms with Gasteiger partial charge < -0.3 is 20.0 Å². The number of amides is 2. The van der Waals surface area contributed by atoms with Gasteiger partial charge in [0.25, 0.3) is 11.8 Å². The summed E-state index contributed by atoms with van der Waals surface area (Å²) in [5, 5.41) is 5.52. The molecule has 31 heavy (non-hydrogen) atoms. The van der Waals surface area contributed by atoms with E-state index in [4.69, 9.17) is 0 Å². The number of hydrogen-bond acceptors (Lipinski definition) is 5. The molecule has 0 radical (unpaired) electrons. The highest BCUT2D eigenvalue weighted by molar-refractivity contribution is 7.10. The van der Waals surface area contributed by atoms with Crippen LogP contribution in [-0.2, 0) is 10.5 Å². The van der Waals surface area contributed by atoms with Crippen molar-refractivity contribution < 1.29 is 9.59 Å². The Kier molecular flexibility index (Phi) is 4.60. The largest absolute Gasteiger partial charge is 0.350 e. The Balaban J connectivity index is 1.71. The molecule has 2 aromatic carbocycles. The zero-order valence-corrected chi connectivity index (χ0v) is 18.5. The molecule has 2 amide bonds. The van der Waals surface area contributed by atoms with Crippen molar-refractivity contribution in [3.63, 3.8) is 0 Å². The molecule has 2 atom stereocenters. The van der Waals surface area contributed by atoms with Crippen molar-refractivity contribution in [3.8, 4) is 0 Å². The smallest absolute Gasteiger partial charge is 0.278 e. The fraction of sp³-hybridized carbons (Fsp3) is 0.250. The van der Waals surface area contributed by atoms with Crippen LogP contribution in [0.15, 0.2) is 66.0 Å². The fourth-order valence-electron chi connectivity index (χ4n) is 4.64. The SMILES string of the molecule is CN1C(=O)[C@@]2(Nc3ccccc3C(=O)N2C[C@H](c2cccs2)N(C)C)c2ccccc21. The average Bonchev–Trinajstić information content (AvgIpc) is 3.37. The van der Waals surface area contributed by atoms with Crippen LogP contribution in [-0.4, -0.2) is 49.3 Å². The third-order valence-electron chi connectivity index (χ3n) is 6.24. The number of fused-ring (bicyclic) bond motifs is 3. The number of rotatable bonds is 4. The molecule has 1 N–H and O–H groups in total. The summed E-state index contributed by atoms with van der Waals surface area (Å²) in [6.45, 7) is 0.377. The summed E-state index contributed by atoms with van der Waals surface area (Å²) in [5.41, 5.74) is 1.60. The van der Waals surface area contributed by atoms with Gasteiger partial charge in [-0.3, -0.25) is 9.59 Å². The van der Waals surface area contributed by atoms with Gasteiger partial charge in [-0.15, -0.1) is 11.3 Å². The summed E-state index contributed by atoms with van der Waals surface area (Å²) >= 11 is 1.66. The molecule has 0 fully saturated rings. The Labute approximate surface area is 185 Å². The van der Waals surface area contributed by atoms with Crippen LogP contribution in [0.3, 0.4) is 0 Å². The van der Waals surface area contributed by atoms with Crippen molar-refractivity contribution in [3.05, 3.63) is 82.0 Å². The fourth-order valence-corrected chi connectivity index (χ4v) is 5.55. The van der Waals surface area contributed by atoms with Gasteiger partial charge in [0.2, 0.25) is 5.66 Å². The van der Waals surface area contributed by atoms with Gasteiger partial charge in [0, 0.05) is 29.7 Å². The number of benzene rings is 2. The first-order valence-corrected chi connectivity index (χ1v) is 11.1. The summed E-state index contributed by atoms with van der Waals surface area (Å²) in [7, 11) is 5.77. The molecule has 0 unspecified atom stereocenters. The van der Waals surface area contributed by atoms with Crippen LogP contribution in [0, 0.1) is 0 Å². The second-order valence-electron chi connectivity index (χ2n) is 8.17. The van der Waals surface area contributed by atoms with Crippen molar-refractivity contribution in [1.29, 1.82) is 0 Å². The lowest BCUT2D eigenvalue weighted by Gasteiger charge is -2.46. The van der Waals surface area contributed by atoms with Crippen molar-refractivity contribution in [1.82, 2.24) is 9.80 Å². The topological polar surface area (TPSA) is 55.9 Å². The number of hydrogen-bond donors (Lipinski definition) is 1. The summed E-state index contributed by atoms with van der Waals surface area (Å²) in [5.74, 6) is -0.295. The van der Waals surface area contributed by atoms with E-state index in [1.807, 2.05) is 74.1 Å². The molecule has 0 saturated heterocycles. The summed E-state index contributed by atoms with van der Waals surface area (Å²) in [4.78, 5) is 34.3. The van der Waals surface area contributed by atoms with Crippen LogP contribution in [0.4, 0.5) is 11.4 Å². The quantitative estimate of drug-likeness (QED) is 0.682. The molecule has 1 aromatic heterocycles. The second-order valence-corrected chi connectivity index (χ2v) is 9.15. The molecule has 0 saturated carbocycles. The molecule has 0 aliphatic carbocycles. The lowest BCUT2D eigenvalue weighted by atomic mass is 9.92. The summed E-state index contributed by atoms with van der Waals surface area (Å²) in [6.07, 6.45) is 0. The van der Waals surface area contributed by atoms with Crippen molar-refractivity contribution >= 4 is 34.5 Å². The molecule has 3 aromatic rings. The lowest BCUT2D eigenvalue weighted by molar-refractivity contribution is -0.127. The maximum Gasteiger partial charge on any atom is 0.278 e. The first-order valence-electron chi connectivity index (χ1n) is 10.2. The molecular formula is C24H24N4O2S. The Bertz CT molecular complexity index is 1160. The van der Waals surface area contributed by atoms with Gasteiger partial charge in [0.05, 0.1) is 17.3 Å². The second kappa shape index (κ2) is 7.21. The van der Waals surface area contributed by atoms with E-state index >= 15 is 0 Å². The number of nitrogens with zero attached hydrogens (tertiary/aromatic N) is 3. The predicted octanol–water partition coefficient (Wildman–Crippen LogP) is 3.75. The van der Waals surface area contributed by atoms with Crippen molar-refractivity contribution in [2.45, 2.75) is 11.7 Å². The van der Waals surface area contributed by atoms with E-state index in [0.29, 0.717) is 17.8 Å². The van der Waals surface area contributed by atoms with Gasteiger partial charge in [-0.05, 0) is 43.7 Å². The van der Waals surface area contributed by atoms with E-state index in [-0.39, 0.29) is 17.9 Å². The number of anilines is 2. The highest BCUT2D eigenvalue weighted by Gasteiger charge is 2.58. The minimum atomic E-state index is -1.28. The Morgan fingerprint density at radius 2 is 1.77 bits per heavy atom. The number of carbonyl (C=O) groups is 2. The summed E-state index contributed by atoms with van der Waals surface area (Å²) < 4.78 is 0. The third kappa shape index (κ3) is 2.80. The number of carbonyl (C=O) groups excluding carboxylic acids is 2. The van der Waals surface area contributed by atoms with Crippen LogP contribution in [0.5, 0.6) is 0 Å².